The Bertz CT molecular complexity index is 587. The van der Waals surface area contributed by atoms with E-state index in [9.17, 15) is 4.79 Å². The first kappa shape index (κ1) is 15.9. The van der Waals surface area contributed by atoms with Gasteiger partial charge in [0.2, 0.25) is 0 Å². The Morgan fingerprint density at radius 1 is 0.909 bits per heavy atom. The van der Waals surface area contributed by atoms with Gasteiger partial charge in [0.1, 0.15) is 18.1 Å². The third-order valence-corrected chi connectivity index (χ3v) is 3.08. The highest BCUT2D eigenvalue weighted by atomic mass is 16.5. The summed E-state index contributed by atoms with van der Waals surface area (Å²) in [6, 6.07) is 14.7. The third kappa shape index (κ3) is 4.52. The number of ether oxygens (including phenoxy) is 3. The van der Waals surface area contributed by atoms with Crippen molar-refractivity contribution in [1.82, 2.24) is 0 Å². The summed E-state index contributed by atoms with van der Waals surface area (Å²) in [5, 5.41) is 0. The fraction of sp³-hybridized carbons (Fsp3) is 0.278. The molecule has 0 saturated heterocycles. The van der Waals surface area contributed by atoms with Crippen LogP contribution in [0.15, 0.2) is 48.5 Å². The molecule has 22 heavy (non-hydrogen) atoms. The van der Waals surface area contributed by atoms with E-state index >= 15 is 0 Å². The van der Waals surface area contributed by atoms with Crippen molar-refractivity contribution in [2.24, 2.45) is 0 Å². The number of carbonyl (C=O) groups excluding carboxylic acids is 1. The van der Waals surface area contributed by atoms with E-state index in [1.54, 1.807) is 12.1 Å². The maximum Gasteiger partial charge on any atom is 0.337 e. The molecule has 0 spiro atoms. The molecule has 2 rings (SSSR count). The summed E-state index contributed by atoms with van der Waals surface area (Å²) < 4.78 is 15.9. The van der Waals surface area contributed by atoms with Gasteiger partial charge in [-0.3, -0.25) is 0 Å². The van der Waals surface area contributed by atoms with E-state index in [0.717, 1.165) is 23.5 Å². The molecule has 0 aliphatic rings. The Morgan fingerprint density at radius 3 is 2.05 bits per heavy atom. The van der Waals surface area contributed by atoms with Gasteiger partial charge in [0, 0.05) is 0 Å². The lowest BCUT2D eigenvalue weighted by Crippen LogP contribution is -2.02. The van der Waals surface area contributed by atoms with Crippen molar-refractivity contribution in [3.8, 4) is 11.5 Å². The van der Waals surface area contributed by atoms with E-state index in [1.165, 1.54) is 7.11 Å². The summed E-state index contributed by atoms with van der Waals surface area (Å²) in [6.07, 6.45) is 0.986. The maximum atomic E-state index is 11.3. The predicted octanol–water partition coefficient (Wildman–Crippen LogP) is 3.84. The molecule has 0 amide bonds. The van der Waals surface area contributed by atoms with Crippen LogP contribution in [0.25, 0.3) is 0 Å². The van der Waals surface area contributed by atoms with Crippen molar-refractivity contribution in [3.05, 3.63) is 59.7 Å². The quantitative estimate of drug-likeness (QED) is 0.729. The molecule has 0 aromatic heterocycles. The number of hydrogen-bond donors (Lipinski definition) is 0. The molecule has 4 heteroatoms. The van der Waals surface area contributed by atoms with Gasteiger partial charge >= 0.3 is 5.97 Å². The smallest absolute Gasteiger partial charge is 0.337 e. The SMILES string of the molecule is CCCOc1ccc(OCc2ccc(C(=O)OC)cc2)cc1. The van der Waals surface area contributed by atoms with Crippen LogP contribution in [0.3, 0.4) is 0 Å². The summed E-state index contributed by atoms with van der Waals surface area (Å²) in [4.78, 5) is 11.3. The van der Waals surface area contributed by atoms with Crippen molar-refractivity contribution in [1.29, 1.82) is 0 Å². The lowest BCUT2D eigenvalue weighted by Gasteiger charge is -2.08. The molecule has 0 heterocycles. The fourth-order valence-corrected chi connectivity index (χ4v) is 1.87. The Labute approximate surface area is 130 Å². The fourth-order valence-electron chi connectivity index (χ4n) is 1.87. The minimum absolute atomic E-state index is 0.338. The monoisotopic (exact) mass is 300 g/mol. The standard InChI is InChI=1S/C18H20O4/c1-3-12-21-16-8-10-17(11-9-16)22-13-14-4-6-15(7-5-14)18(19)20-2/h4-11H,3,12-13H2,1-2H3. The average Bonchev–Trinajstić information content (AvgIpc) is 2.58. The number of rotatable bonds is 7. The molecule has 0 unspecified atom stereocenters. The number of methoxy groups -OCH3 is 1. The molecule has 0 aliphatic heterocycles. The molecule has 4 nitrogen and oxygen atoms in total. The lowest BCUT2D eigenvalue weighted by atomic mass is 10.1. The minimum Gasteiger partial charge on any atom is -0.494 e. The summed E-state index contributed by atoms with van der Waals surface area (Å²) >= 11 is 0. The number of hydrogen-bond acceptors (Lipinski definition) is 4. The highest BCUT2D eigenvalue weighted by Crippen LogP contribution is 2.19. The predicted molar refractivity (Wildman–Crippen MR) is 84.3 cm³/mol. The van der Waals surface area contributed by atoms with E-state index in [-0.39, 0.29) is 5.97 Å². The van der Waals surface area contributed by atoms with E-state index in [4.69, 9.17) is 9.47 Å². The van der Waals surface area contributed by atoms with Gasteiger partial charge < -0.3 is 14.2 Å². The summed E-state index contributed by atoms with van der Waals surface area (Å²) in [6.45, 7) is 3.23. The van der Waals surface area contributed by atoms with Crippen LogP contribution in [0.1, 0.15) is 29.3 Å². The van der Waals surface area contributed by atoms with Crippen LogP contribution in [-0.4, -0.2) is 19.7 Å². The average molecular weight is 300 g/mol. The number of carbonyl (C=O) groups is 1. The summed E-state index contributed by atoms with van der Waals surface area (Å²) in [5.41, 5.74) is 1.52. The summed E-state index contributed by atoms with van der Waals surface area (Å²) in [7, 11) is 1.37. The molecule has 0 atom stereocenters. The number of benzene rings is 2. The topological polar surface area (TPSA) is 44.8 Å². The Balaban J connectivity index is 1.88. The lowest BCUT2D eigenvalue weighted by molar-refractivity contribution is 0.0600. The van der Waals surface area contributed by atoms with Crippen LogP contribution in [0, 0.1) is 0 Å². The molecule has 0 aliphatic carbocycles. The van der Waals surface area contributed by atoms with Crippen LogP contribution in [0.2, 0.25) is 0 Å². The van der Waals surface area contributed by atoms with E-state index in [0.29, 0.717) is 18.8 Å². The summed E-state index contributed by atoms with van der Waals surface area (Å²) in [5.74, 6) is 1.28. The van der Waals surface area contributed by atoms with Crippen molar-refractivity contribution >= 4 is 5.97 Å². The van der Waals surface area contributed by atoms with Crippen molar-refractivity contribution < 1.29 is 19.0 Å². The van der Waals surface area contributed by atoms with Gasteiger partial charge in [-0.2, -0.15) is 0 Å². The molecule has 0 saturated carbocycles. The normalized spacial score (nSPS) is 10.1. The molecule has 116 valence electrons. The zero-order valence-corrected chi connectivity index (χ0v) is 12.9. The van der Waals surface area contributed by atoms with Gasteiger partial charge in [-0.25, -0.2) is 4.79 Å². The second-order valence-corrected chi connectivity index (χ2v) is 4.80. The van der Waals surface area contributed by atoms with Gasteiger partial charge in [0.05, 0.1) is 19.3 Å². The van der Waals surface area contributed by atoms with E-state index in [2.05, 4.69) is 11.7 Å². The van der Waals surface area contributed by atoms with Gasteiger partial charge in [-0.05, 0) is 48.4 Å². The van der Waals surface area contributed by atoms with E-state index in [1.807, 2.05) is 36.4 Å². The highest BCUT2D eigenvalue weighted by Gasteiger charge is 2.04. The molecular weight excluding hydrogens is 280 g/mol. The second kappa shape index (κ2) is 8.08. The Hall–Kier alpha value is -2.49. The van der Waals surface area contributed by atoms with Crippen LogP contribution in [-0.2, 0) is 11.3 Å². The first-order valence-electron chi connectivity index (χ1n) is 7.26. The molecule has 2 aromatic carbocycles. The van der Waals surface area contributed by atoms with Crippen molar-refractivity contribution in [2.75, 3.05) is 13.7 Å². The Kier molecular flexibility index (Phi) is 5.83. The molecule has 2 aromatic rings. The van der Waals surface area contributed by atoms with E-state index < -0.39 is 0 Å². The highest BCUT2D eigenvalue weighted by molar-refractivity contribution is 5.89. The molecule has 0 fully saturated rings. The van der Waals surface area contributed by atoms with Gasteiger partial charge in [0.25, 0.3) is 0 Å². The van der Waals surface area contributed by atoms with Crippen LogP contribution in [0.4, 0.5) is 0 Å². The largest absolute Gasteiger partial charge is 0.494 e. The van der Waals surface area contributed by atoms with Crippen LogP contribution in [0.5, 0.6) is 11.5 Å². The first-order valence-corrected chi connectivity index (χ1v) is 7.26. The molecule has 0 N–H and O–H groups in total. The maximum absolute atomic E-state index is 11.3. The van der Waals surface area contributed by atoms with Crippen LogP contribution < -0.4 is 9.47 Å². The molecule has 0 radical (unpaired) electrons. The zero-order chi connectivity index (χ0) is 15.8. The van der Waals surface area contributed by atoms with Gasteiger partial charge in [-0.1, -0.05) is 19.1 Å². The van der Waals surface area contributed by atoms with Gasteiger partial charge in [0.15, 0.2) is 0 Å². The molecular formula is C18H20O4. The molecule has 0 bridgehead atoms. The van der Waals surface area contributed by atoms with Crippen molar-refractivity contribution in [3.63, 3.8) is 0 Å². The van der Waals surface area contributed by atoms with Crippen LogP contribution >= 0.6 is 0 Å². The number of esters is 1. The first-order chi connectivity index (χ1) is 10.7. The second-order valence-electron chi connectivity index (χ2n) is 4.80. The van der Waals surface area contributed by atoms with Crippen molar-refractivity contribution in [2.45, 2.75) is 20.0 Å². The zero-order valence-electron chi connectivity index (χ0n) is 12.9. The minimum atomic E-state index is -0.338. The van der Waals surface area contributed by atoms with Gasteiger partial charge in [-0.15, -0.1) is 0 Å². The third-order valence-electron chi connectivity index (χ3n) is 3.08. The Morgan fingerprint density at radius 2 is 1.50 bits per heavy atom.